The molecular weight excluding hydrogens is 172 g/mol. The highest BCUT2D eigenvalue weighted by Gasteiger charge is 2.18. The van der Waals surface area contributed by atoms with Gasteiger partial charge in [0, 0.05) is 13.1 Å². The molecule has 1 atom stereocenters. The van der Waals surface area contributed by atoms with Crippen molar-refractivity contribution in [1.29, 1.82) is 0 Å². The molecule has 0 amide bonds. The van der Waals surface area contributed by atoms with E-state index in [1.54, 1.807) is 0 Å². The molecule has 1 unspecified atom stereocenters. The summed E-state index contributed by atoms with van der Waals surface area (Å²) in [5.41, 5.74) is 0. The lowest BCUT2D eigenvalue weighted by Gasteiger charge is -2.29. The third-order valence-electron chi connectivity index (χ3n) is 3.11. The number of allylic oxidation sites excluding steroid dienone is 1. The largest absolute Gasteiger partial charge is 0.302 e. The van der Waals surface area contributed by atoms with Crippen molar-refractivity contribution in [2.75, 3.05) is 13.1 Å². The topological polar surface area (TPSA) is 15.3 Å². The molecule has 2 nitrogen and oxygen atoms in total. The Morgan fingerprint density at radius 3 is 3.07 bits per heavy atom. The lowest BCUT2D eigenvalue weighted by molar-refractivity contribution is 0.217. The van der Waals surface area contributed by atoms with Crippen LogP contribution in [-0.4, -0.2) is 24.2 Å². The highest BCUT2D eigenvalue weighted by molar-refractivity contribution is 4.94. The second-order valence-corrected chi connectivity index (χ2v) is 4.25. The molecule has 0 aromatic rings. The zero-order valence-corrected chi connectivity index (χ0v) is 8.91. The molecule has 1 N–H and O–H groups in total. The van der Waals surface area contributed by atoms with E-state index in [0.29, 0.717) is 6.17 Å². The SMILES string of the molecule is [CH]1CCC=CCN1C1CCCCCN1. The van der Waals surface area contributed by atoms with E-state index in [9.17, 15) is 0 Å². The van der Waals surface area contributed by atoms with Crippen molar-refractivity contribution in [3.8, 4) is 0 Å². The van der Waals surface area contributed by atoms with Gasteiger partial charge in [0.1, 0.15) is 0 Å². The van der Waals surface area contributed by atoms with Crippen LogP contribution in [0.2, 0.25) is 0 Å². The molecule has 2 aliphatic heterocycles. The van der Waals surface area contributed by atoms with Gasteiger partial charge in [-0.05, 0) is 32.2 Å². The molecule has 0 aliphatic carbocycles. The second-order valence-electron chi connectivity index (χ2n) is 4.25. The van der Waals surface area contributed by atoms with Gasteiger partial charge in [0.15, 0.2) is 0 Å². The van der Waals surface area contributed by atoms with E-state index in [2.05, 4.69) is 28.9 Å². The highest BCUT2D eigenvalue weighted by atomic mass is 15.3. The van der Waals surface area contributed by atoms with E-state index in [1.165, 1.54) is 45.1 Å². The van der Waals surface area contributed by atoms with Crippen molar-refractivity contribution in [2.24, 2.45) is 0 Å². The molecule has 2 aliphatic rings. The molecule has 2 heterocycles. The van der Waals surface area contributed by atoms with Crippen LogP contribution in [-0.2, 0) is 0 Å². The Labute approximate surface area is 87.4 Å². The van der Waals surface area contributed by atoms with Crippen LogP contribution < -0.4 is 5.32 Å². The molecule has 2 rings (SSSR count). The molecule has 0 spiro atoms. The summed E-state index contributed by atoms with van der Waals surface area (Å²) in [5.74, 6) is 0. The highest BCUT2D eigenvalue weighted by Crippen LogP contribution is 2.16. The lowest BCUT2D eigenvalue weighted by atomic mass is 10.2. The standard InChI is InChI=1S/C12H21N2/c1-2-7-11-14(10-6-1)12-8-4-3-5-9-13-12/h1,6,11-13H,2-5,7-10H2. The van der Waals surface area contributed by atoms with E-state index >= 15 is 0 Å². The van der Waals surface area contributed by atoms with E-state index in [1.807, 2.05) is 0 Å². The molecule has 2 heteroatoms. The van der Waals surface area contributed by atoms with E-state index in [4.69, 9.17) is 0 Å². The van der Waals surface area contributed by atoms with Gasteiger partial charge in [0.25, 0.3) is 0 Å². The monoisotopic (exact) mass is 193 g/mol. The second kappa shape index (κ2) is 5.52. The average Bonchev–Trinajstić information content (AvgIpc) is 2.62. The molecule has 1 radical (unpaired) electrons. The summed E-state index contributed by atoms with van der Waals surface area (Å²) in [5, 5.41) is 3.64. The summed E-state index contributed by atoms with van der Waals surface area (Å²) >= 11 is 0. The van der Waals surface area contributed by atoms with Crippen molar-refractivity contribution < 1.29 is 0 Å². The first kappa shape index (κ1) is 10.2. The Bertz CT molecular complexity index is 181. The van der Waals surface area contributed by atoms with E-state index in [0.717, 1.165) is 6.54 Å². The quantitative estimate of drug-likeness (QED) is 0.643. The molecular formula is C12H21N2. The van der Waals surface area contributed by atoms with Gasteiger partial charge in [-0.25, -0.2) is 0 Å². The maximum atomic E-state index is 3.64. The number of hydrogen-bond donors (Lipinski definition) is 1. The summed E-state index contributed by atoms with van der Waals surface area (Å²) in [7, 11) is 0. The smallest absolute Gasteiger partial charge is 0.0603 e. The summed E-state index contributed by atoms with van der Waals surface area (Å²) in [6, 6.07) is 0. The van der Waals surface area contributed by atoms with Crippen molar-refractivity contribution in [3.05, 3.63) is 18.7 Å². The van der Waals surface area contributed by atoms with Crippen LogP contribution in [0.25, 0.3) is 0 Å². The van der Waals surface area contributed by atoms with Crippen molar-refractivity contribution >= 4 is 0 Å². The van der Waals surface area contributed by atoms with Gasteiger partial charge >= 0.3 is 0 Å². The van der Waals surface area contributed by atoms with Crippen LogP contribution in [0.3, 0.4) is 0 Å². The van der Waals surface area contributed by atoms with Gasteiger partial charge in [-0.1, -0.05) is 25.0 Å². The predicted molar refractivity (Wildman–Crippen MR) is 59.6 cm³/mol. The molecule has 14 heavy (non-hydrogen) atoms. The predicted octanol–water partition coefficient (Wildman–Crippen LogP) is 2.29. The zero-order valence-electron chi connectivity index (χ0n) is 8.91. The molecule has 1 saturated heterocycles. The van der Waals surface area contributed by atoms with Crippen LogP contribution in [0.4, 0.5) is 0 Å². The molecule has 0 aromatic heterocycles. The Morgan fingerprint density at radius 2 is 2.07 bits per heavy atom. The molecule has 0 aromatic carbocycles. The fourth-order valence-corrected chi connectivity index (χ4v) is 2.27. The van der Waals surface area contributed by atoms with Crippen LogP contribution in [0.5, 0.6) is 0 Å². The molecule has 0 bridgehead atoms. The number of nitrogens with zero attached hydrogens (tertiary/aromatic N) is 1. The Hall–Kier alpha value is -0.340. The normalized spacial score (nSPS) is 31.0. The van der Waals surface area contributed by atoms with Crippen molar-refractivity contribution in [3.63, 3.8) is 0 Å². The number of hydrogen-bond acceptors (Lipinski definition) is 2. The summed E-state index contributed by atoms with van der Waals surface area (Å²) in [4.78, 5) is 2.48. The van der Waals surface area contributed by atoms with Crippen LogP contribution >= 0.6 is 0 Å². The molecule has 0 saturated carbocycles. The van der Waals surface area contributed by atoms with Gasteiger partial charge in [0.05, 0.1) is 6.17 Å². The first-order valence-electron chi connectivity index (χ1n) is 5.94. The van der Waals surface area contributed by atoms with Crippen molar-refractivity contribution in [2.45, 2.75) is 44.7 Å². The van der Waals surface area contributed by atoms with Crippen molar-refractivity contribution in [1.82, 2.24) is 10.2 Å². The number of rotatable bonds is 1. The third-order valence-corrected chi connectivity index (χ3v) is 3.11. The Morgan fingerprint density at radius 1 is 1.07 bits per heavy atom. The third kappa shape index (κ3) is 2.82. The Kier molecular flexibility index (Phi) is 4.02. The Balaban J connectivity index is 1.87. The fourth-order valence-electron chi connectivity index (χ4n) is 2.27. The zero-order chi connectivity index (χ0) is 9.64. The maximum absolute atomic E-state index is 3.64. The average molecular weight is 193 g/mol. The van der Waals surface area contributed by atoms with Crippen LogP contribution in [0.15, 0.2) is 12.2 Å². The van der Waals surface area contributed by atoms with Gasteiger partial charge in [-0.15, -0.1) is 0 Å². The first-order chi connectivity index (χ1) is 6.97. The molecule has 79 valence electrons. The van der Waals surface area contributed by atoms with Gasteiger partial charge in [0.2, 0.25) is 0 Å². The molecule has 1 fully saturated rings. The maximum Gasteiger partial charge on any atom is 0.0603 e. The fraction of sp³-hybridized carbons (Fsp3) is 0.750. The van der Waals surface area contributed by atoms with Crippen LogP contribution in [0.1, 0.15) is 38.5 Å². The van der Waals surface area contributed by atoms with E-state index in [-0.39, 0.29) is 0 Å². The minimum atomic E-state index is 0.597. The number of nitrogens with one attached hydrogen (secondary N) is 1. The van der Waals surface area contributed by atoms with E-state index < -0.39 is 0 Å². The minimum absolute atomic E-state index is 0.597. The lowest BCUT2D eigenvalue weighted by Crippen LogP contribution is -2.43. The van der Waals surface area contributed by atoms with Gasteiger partial charge in [-0.3, -0.25) is 4.90 Å². The summed E-state index contributed by atoms with van der Waals surface area (Å²) in [6.45, 7) is 4.67. The van der Waals surface area contributed by atoms with Crippen LogP contribution in [0, 0.1) is 6.54 Å². The summed E-state index contributed by atoms with van der Waals surface area (Å²) in [6.07, 6.45) is 13.0. The summed E-state index contributed by atoms with van der Waals surface area (Å²) < 4.78 is 0. The first-order valence-corrected chi connectivity index (χ1v) is 5.94. The van der Waals surface area contributed by atoms with Gasteiger partial charge < -0.3 is 5.32 Å². The van der Waals surface area contributed by atoms with Gasteiger partial charge in [-0.2, -0.15) is 0 Å². The minimum Gasteiger partial charge on any atom is -0.302 e.